The van der Waals surface area contributed by atoms with Gasteiger partial charge in [-0.05, 0) is 35.4 Å². The van der Waals surface area contributed by atoms with Crippen molar-refractivity contribution in [1.82, 2.24) is 5.32 Å². The van der Waals surface area contributed by atoms with E-state index in [4.69, 9.17) is 23.2 Å². The predicted molar refractivity (Wildman–Crippen MR) is 94.5 cm³/mol. The molecule has 1 saturated heterocycles. The number of oxime groups is 1. The topological polar surface area (TPSA) is 44.6 Å². The zero-order valence-electron chi connectivity index (χ0n) is 12.7. The summed E-state index contributed by atoms with van der Waals surface area (Å²) in [4.78, 5) is 0. The highest BCUT2D eigenvalue weighted by molar-refractivity contribution is 6.30. The Morgan fingerprint density at radius 1 is 0.957 bits per heavy atom. The molecule has 2 aromatic carbocycles. The molecule has 1 fully saturated rings. The number of halogens is 2. The number of rotatable bonds is 2. The van der Waals surface area contributed by atoms with Gasteiger partial charge in [0.2, 0.25) is 0 Å². The molecule has 0 spiro atoms. The van der Waals surface area contributed by atoms with E-state index in [1.807, 2.05) is 48.5 Å². The lowest BCUT2D eigenvalue weighted by molar-refractivity contribution is 0.294. The molecular formula is C18H18Cl2N2O. The third-order valence-electron chi connectivity index (χ3n) is 4.45. The summed E-state index contributed by atoms with van der Waals surface area (Å²) in [5.41, 5.74) is 3.05. The van der Waals surface area contributed by atoms with Gasteiger partial charge in [0.25, 0.3) is 0 Å². The van der Waals surface area contributed by atoms with Crippen LogP contribution in [0.4, 0.5) is 0 Å². The Labute approximate surface area is 145 Å². The Balaban J connectivity index is 1.92. The predicted octanol–water partition coefficient (Wildman–Crippen LogP) is 5.24. The average molecular weight is 349 g/mol. The summed E-state index contributed by atoms with van der Waals surface area (Å²) in [6.45, 7) is 2.07. The summed E-state index contributed by atoms with van der Waals surface area (Å²) >= 11 is 12.0. The quantitative estimate of drug-likeness (QED) is 0.576. The van der Waals surface area contributed by atoms with Crippen molar-refractivity contribution in [2.75, 3.05) is 0 Å². The van der Waals surface area contributed by atoms with Gasteiger partial charge in [-0.2, -0.15) is 0 Å². The van der Waals surface area contributed by atoms with Crippen LogP contribution in [0.5, 0.6) is 0 Å². The van der Waals surface area contributed by atoms with E-state index >= 15 is 0 Å². The molecule has 1 aliphatic heterocycles. The van der Waals surface area contributed by atoms with Crippen molar-refractivity contribution in [3.63, 3.8) is 0 Å². The molecule has 23 heavy (non-hydrogen) atoms. The van der Waals surface area contributed by atoms with Crippen LogP contribution in [0.2, 0.25) is 10.0 Å². The van der Waals surface area contributed by atoms with E-state index in [0.717, 1.165) is 16.8 Å². The van der Waals surface area contributed by atoms with Crippen molar-refractivity contribution in [3.8, 4) is 0 Å². The van der Waals surface area contributed by atoms with Gasteiger partial charge in [-0.3, -0.25) is 0 Å². The standard InChI is InChI=1S/C18H18Cl2N2O/c1-11-16(22-23)10-17(12-2-6-14(19)7-3-12)21-18(11)13-4-8-15(20)9-5-13/h2-9,11,17-18,21,23H,10H2,1H3/b22-16+/t11-,17-,18-/m1/s1. The third-order valence-corrected chi connectivity index (χ3v) is 4.95. The maximum atomic E-state index is 9.40. The SMILES string of the molecule is C[C@@H]1/C(=N/O)C[C@H](c2ccc(Cl)cc2)N[C@H]1c1ccc(Cl)cc1. The van der Waals surface area contributed by atoms with Crippen LogP contribution in [-0.4, -0.2) is 10.9 Å². The van der Waals surface area contributed by atoms with Crippen LogP contribution < -0.4 is 5.32 Å². The zero-order chi connectivity index (χ0) is 16.4. The van der Waals surface area contributed by atoms with E-state index in [-0.39, 0.29) is 18.0 Å². The second-order valence-corrected chi connectivity index (χ2v) is 6.76. The molecule has 0 bridgehead atoms. The molecule has 0 aliphatic carbocycles. The van der Waals surface area contributed by atoms with E-state index in [1.54, 1.807) is 0 Å². The fourth-order valence-electron chi connectivity index (χ4n) is 3.10. The Bertz CT molecular complexity index is 698. The van der Waals surface area contributed by atoms with Crippen LogP contribution in [0, 0.1) is 5.92 Å². The third kappa shape index (κ3) is 3.52. The Kier molecular flexibility index (Phi) is 4.90. The lowest BCUT2D eigenvalue weighted by atomic mass is 9.81. The molecule has 3 rings (SSSR count). The number of hydrogen-bond donors (Lipinski definition) is 2. The molecule has 0 radical (unpaired) electrons. The molecule has 5 heteroatoms. The van der Waals surface area contributed by atoms with Crippen LogP contribution >= 0.6 is 23.2 Å². The van der Waals surface area contributed by atoms with Crippen molar-refractivity contribution in [3.05, 3.63) is 69.7 Å². The van der Waals surface area contributed by atoms with Crippen LogP contribution in [0.15, 0.2) is 53.7 Å². The lowest BCUT2D eigenvalue weighted by Gasteiger charge is -2.37. The van der Waals surface area contributed by atoms with Crippen molar-refractivity contribution >= 4 is 28.9 Å². The minimum Gasteiger partial charge on any atom is -0.411 e. The molecule has 0 aromatic heterocycles. The van der Waals surface area contributed by atoms with E-state index in [9.17, 15) is 5.21 Å². The van der Waals surface area contributed by atoms with Crippen molar-refractivity contribution < 1.29 is 5.21 Å². The summed E-state index contributed by atoms with van der Waals surface area (Å²) in [5, 5.41) is 18.0. The first-order chi connectivity index (χ1) is 11.1. The van der Waals surface area contributed by atoms with Gasteiger partial charge < -0.3 is 10.5 Å². The number of nitrogens with one attached hydrogen (secondary N) is 1. The zero-order valence-corrected chi connectivity index (χ0v) is 14.2. The summed E-state index contributed by atoms with van der Waals surface area (Å²) < 4.78 is 0. The summed E-state index contributed by atoms with van der Waals surface area (Å²) in [5.74, 6) is 0.102. The maximum Gasteiger partial charge on any atom is 0.0636 e. The highest BCUT2D eigenvalue weighted by Gasteiger charge is 2.33. The lowest BCUT2D eigenvalue weighted by Crippen LogP contribution is -2.41. The molecule has 2 aromatic rings. The minimum atomic E-state index is 0.0626. The van der Waals surface area contributed by atoms with Crippen LogP contribution in [0.3, 0.4) is 0 Å². The van der Waals surface area contributed by atoms with E-state index in [1.165, 1.54) is 0 Å². The summed E-state index contributed by atoms with van der Waals surface area (Å²) in [6.07, 6.45) is 0.670. The number of nitrogens with zero attached hydrogens (tertiary/aromatic N) is 1. The largest absolute Gasteiger partial charge is 0.411 e. The van der Waals surface area contributed by atoms with E-state index < -0.39 is 0 Å². The highest BCUT2D eigenvalue weighted by Crippen LogP contribution is 2.35. The van der Waals surface area contributed by atoms with Gasteiger partial charge in [-0.1, -0.05) is 59.5 Å². The fraction of sp³-hybridized carbons (Fsp3) is 0.278. The number of hydrogen-bond acceptors (Lipinski definition) is 3. The molecule has 1 aliphatic rings. The first-order valence-electron chi connectivity index (χ1n) is 7.56. The number of benzene rings is 2. The van der Waals surface area contributed by atoms with E-state index in [0.29, 0.717) is 16.5 Å². The Morgan fingerprint density at radius 3 is 2.00 bits per heavy atom. The molecular weight excluding hydrogens is 331 g/mol. The van der Waals surface area contributed by atoms with Crippen molar-refractivity contribution in [1.29, 1.82) is 0 Å². The second-order valence-electron chi connectivity index (χ2n) is 5.88. The summed E-state index contributed by atoms with van der Waals surface area (Å²) in [6, 6.07) is 15.7. The Hall–Kier alpha value is -1.55. The fourth-order valence-corrected chi connectivity index (χ4v) is 3.36. The highest BCUT2D eigenvalue weighted by atomic mass is 35.5. The molecule has 3 nitrogen and oxygen atoms in total. The van der Waals surface area contributed by atoms with Crippen LogP contribution in [0.1, 0.15) is 36.6 Å². The second kappa shape index (κ2) is 6.91. The van der Waals surface area contributed by atoms with E-state index in [2.05, 4.69) is 17.4 Å². The van der Waals surface area contributed by atoms with Crippen molar-refractivity contribution in [2.24, 2.45) is 11.1 Å². The summed E-state index contributed by atoms with van der Waals surface area (Å²) in [7, 11) is 0. The normalized spacial score (nSPS) is 26.4. The minimum absolute atomic E-state index is 0.0626. The molecule has 120 valence electrons. The van der Waals surface area contributed by atoms with Gasteiger partial charge in [-0.15, -0.1) is 0 Å². The molecule has 0 saturated carbocycles. The average Bonchev–Trinajstić information content (AvgIpc) is 2.57. The van der Waals surface area contributed by atoms with Gasteiger partial charge in [0.1, 0.15) is 0 Å². The number of piperidine rings is 1. The smallest absolute Gasteiger partial charge is 0.0636 e. The molecule has 0 amide bonds. The Morgan fingerprint density at radius 2 is 1.48 bits per heavy atom. The van der Waals surface area contributed by atoms with Gasteiger partial charge in [-0.25, -0.2) is 0 Å². The molecule has 0 unspecified atom stereocenters. The van der Waals surface area contributed by atoms with Gasteiger partial charge in [0, 0.05) is 34.5 Å². The van der Waals surface area contributed by atoms with Crippen LogP contribution in [0.25, 0.3) is 0 Å². The first-order valence-corrected chi connectivity index (χ1v) is 8.32. The molecule has 1 heterocycles. The van der Waals surface area contributed by atoms with Gasteiger partial charge in [0.05, 0.1) is 5.71 Å². The first kappa shape index (κ1) is 16.3. The maximum absolute atomic E-state index is 9.40. The van der Waals surface area contributed by atoms with Gasteiger partial charge >= 0.3 is 0 Å². The molecule has 3 atom stereocenters. The molecule has 2 N–H and O–H groups in total. The van der Waals surface area contributed by atoms with Crippen LogP contribution in [-0.2, 0) is 0 Å². The monoisotopic (exact) mass is 348 g/mol. The van der Waals surface area contributed by atoms with Crippen molar-refractivity contribution in [2.45, 2.75) is 25.4 Å². The van der Waals surface area contributed by atoms with Gasteiger partial charge in [0.15, 0.2) is 0 Å².